The molecule has 37 heavy (non-hydrogen) atoms. The molecular formula is C29H33Br2N3O2S. The average molecular weight is 647 g/mol. The number of sulfonamides is 1. The number of halogens is 2. The molecule has 3 aromatic carbocycles. The Labute approximate surface area is 237 Å². The summed E-state index contributed by atoms with van der Waals surface area (Å²) >= 11 is 6.89. The summed E-state index contributed by atoms with van der Waals surface area (Å²) in [7, 11) is -3.40. The molecule has 3 aromatic rings. The minimum Gasteiger partial charge on any atom is -0.321 e. The van der Waals surface area contributed by atoms with E-state index in [-0.39, 0.29) is 11.1 Å². The van der Waals surface area contributed by atoms with Gasteiger partial charge >= 0.3 is 0 Å². The maximum Gasteiger partial charge on any atom is 0.243 e. The predicted octanol–water partition coefficient (Wildman–Crippen LogP) is 6.15. The van der Waals surface area contributed by atoms with Gasteiger partial charge in [-0.05, 0) is 80.1 Å². The molecule has 0 bridgehead atoms. The highest BCUT2D eigenvalue weighted by atomic mass is 79.9. The second-order valence-corrected chi connectivity index (χ2v) is 14.2. The number of hydrogen-bond donors (Lipinski definition) is 1. The first-order chi connectivity index (χ1) is 17.6. The largest absolute Gasteiger partial charge is 0.321 e. The minimum atomic E-state index is -3.40. The molecule has 8 heteroatoms. The Hall–Kier alpha value is -1.55. The van der Waals surface area contributed by atoms with E-state index < -0.39 is 10.0 Å². The number of benzene rings is 3. The van der Waals surface area contributed by atoms with Crippen LogP contribution in [0.2, 0.25) is 0 Å². The highest BCUT2D eigenvalue weighted by Gasteiger charge is 2.50. The number of nitrogens with two attached hydrogens (primary N) is 1. The molecular weight excluding hydrogens is 614 g/mol. The van der Waals surface area contributed by atoms with Crippen molar-refractivity contribution in [3.63, 3.8) is 0 Å². The molecule has 6 rings (SSSR count). The van der Waals surface area contributed by atoms with Gasteiger partial charge in [-0.2, -0.15) is 4.31 Å². The normalized spacial score (nSPS) is 20.5. The van der Waals surface area contributed by atoms with Crippen LogP contribution in [0.15, 0.2) is 86.6 Å². The van der Waals surface area contributed by atoms with E-state index in [0.717, 1.165) is 53.3 Å². The number of aryl methyl sites for hydroxylation is 1. The fraction of sp³-hybridized carbons (Fsp3) is 0.379. The maximum absolute atomic E-state index is 12.9. The molecule has 5 nitrogen and oxygen atoms in total. The zero-order chi connectivity index (χ0) is 26.3. The van der Waals surface area contributed by atoms with E-state index in [4.69, 9.17) is 5.73 Å². The van der Waals surface area contributed by atoms with Crippen LogP contribution in [0.25, 0.3) is 0 Å². The molecule has 2 saturated carbocycles. The SMILES string of the molecule is Cc1ccc(S(=O)(=O)N2CCN(C3(c4ccc(Br)cc4)CC3)CC2)cc1.NC1(c2ccc(Br)cc2)CC1. The van der Waals surface area contributed by atoms with Gasteiger partial charge in [0.05, 0.1) is 4.90 Å². The van der Waals surface area contributed by atoms with Gasteiger partial charge in [0.2, 0.25) is 10.0 Å². The number of nitrogens with zero attached hydrogens (tertiary/aromatic N) is 2. The van der Waals surface area contributed by atoms with Crippen LogP contribution < -0.4 is 5.73 Å². The lowest BCUT2D eigenvalue weighted by Gasteiger charge is -2.39. The molecule has 3 fully saturated rings. The lowest BCUT2D eigenvalue weighted by molar-refractivity contribution is 0.121. The van der Waals surface area contributed by atoms with Gasteiger partial charge in [0.15, 0.2) is 0 Å². The summed E-state index contributed by atoms with van der Waals surface area (Å²) in [6.07, 6.45) is 4.57. The lowest BCUT2D eigenvalue weighted by atomic mass is 10.0. The Morgan fingerprint density at radius 2 is 1.19 bits per heavy atom. The molecule has 2 N–H and O–H groups in total. The van der Waals surface area contributed by atoms with E-state index in [1.165, 1.54) is 11.1 Å². The van der Waals surface area contributed by atoms with Crippen LogP contribution in [0, 0.1) is 6.92 Å². The van der Waals surface area contributed by atoms with E-state index in [1.54, 1.807) is 16.4 Å². The van der Waals surface area contributed by atoms with Crippen molar-refractivity contribution in [2.75, 3.05) is 26.2 Å². The van der Waals surface area contributed by atoms with Crippen LogP contribution in [0.3, 0.4) is 0 Å². The summed E-state index contributed by atoms with van der Waals surface area (Å²) in [5.74, 6) is 0. The molecule has 3 aliphatic rings. The molecule has 1 saturated heterocycles. The van der Waals surface area contributed by atoms with Crippen molar-refractivity contribution < 1.29 is 8.42 Å². The predicted molar refractivity (Wildman–Crippen MR) is 156 cm³/mol. The van der Waals surface area contributed by atoms with Crippen LogP contribution in [-0.4, -0.2) is 43.8 Å². The van der Waals surface area contributed by atoms with E-state index in [1.807, 2.05) is 31.2 Å². The molecule has 196 valence electrons. The van der Waals surface area contributed by atoms with Gasteiger partial charge in [0.25, 0.3) is 0 Å². The van der Waals surface area contributed by atoms with Crippen molar-refractivity contribution in [2.45, 2.75) is 48.6 Å². The second-order valence-electron chi connectivity index (χ2n) is 10.4. The summed E-state index contributed by atoms with van der Waals surface area (Å²) in [5.41, 5.74) is 9.80. The molecule has 1 heterocycles. The van der Waals surface area contributed by atoms with Gasteiger partial charge in [-0.25, -0.2) is 8.42 Å². The number of hydrogen-bond acceptors (Lipinski definition) is 4. The molecule has 0 amide bonds. The summed E-state index contributed by atoms with van der Waals surface area (Å²) in [6, 6.07) is 24.0. The molecule has 0 aromatic heterocycles. The monoisotopic (exact) mass is 645 g/mol. The van der Waals surface area contributed by atoms with Crippen LogP contribution in [-0.2, 0) is 21.1 Å². The van der Waals surface area contributed by atoms with Crippen LogP contribution in [0.4, 0.5) is 0 Å². The highest BCUT2D eigenvalue weighted by molar-refractivity contribution is 9.10. The fourth-order valence-electron chi connectivity index (χ4n) is 5.09. The quantitative estimate of drug-likeness (QED) is 0.361. The van der Waals surface area contributed by atoms with Crippen molar-refractivity contribution >= 4 is 41.9 Å². The van der Waals surface area contributed by atoms with Crippen LogP contribution in [0.5, 0.6) is 0 Å². The Balaban J connectivity index is 0.000000212. The van der Waals surface area contributed by atoms with Gasteiger partial charge in [-0.3, -0.25) is 4.90 Å². The Kier molecular flexibility index (Phi) is 7.71. The zero-order valence-corrected chi connectivity index (χ0v) is 25.0. The third kappa shape index (κ3) is 5.89. The smallest absolute Gasteiger partial charge is 0.243 e. The Morgan fingerprint density at radius 3 is 1.65 bits per heavy atom. The third-order valence-corrected chi connectivity index (χ3v) is 10.8. The lowest BCUT2D eigenvalue weighted by Crippen LogP contribution is -2.52. The first-order valence-electron chi connectivity index (χ1n) is 12.8. The van der Waals surface area contributed by atoms with Gasteiger partial charge in [-0.1, -0.05) is 73.8 Å². The van der Waals surface area contributed by atoms with Crippen LogP contribution in [0.1, 0.15) is 42.4 Å². The minimum absolute atomic E-state index is 0.0146. The Bertz CT molecular complexity index is 1330. The Morgan fingerprint density at radius 1 is 0.703 bits per heavy atom. The first kappa shape index (κ1) is 27.0. The molecule has 0 spiro atoms. The highest BCUT2D eigenvalue weighted by Crippen LogP contribution is 2.51. The average Bonchev–Trinajstić information content (AvgIpc) is 3.83. The van der Waals surface area contributed by atoms with E-state index in [9.17, 15) is 8.42 Å². The van der Waals surface area contributed by atoms with Crippen molar-refractivity contribution in [3.05, 3.63) is 98.4 Å². The van der Waals surface area contributed by atoms with E-state index in [2.05, 4.69) is 73.2 Å². The second kappa shape index (κ2) is 10.5. The van der Waals surface area contributed by atoms with Gasteiger partial charge < -0.3 is 5.73 Å². The van der Waals surface area contributed by atoms with Crippen molar-refractivity contribution in [3.8, 4) is 0 Å². The molecule has 0 atom stereocenters. The van der Waals surface area contributed by atoms with Crippen molar-refractivity contribution in [2.24, 2.45) is 5.73 Å². The third-order valence-electron chi connectivity index (χ3n) is 7.82. The van der Waals surface area contributed by atoms with E-state index >= 15 is 0 Å². The van der Waals surface area contributed by atoms with Gasteiger partial charge in [-0.15, -0.1) is 0 Å². The number of piperazine rings is 1. The summed E-state index contributed by atoms with van der Waals surface area (Å²) < 4.78 is 29.6. The van der Waals surface area contributed by atoms with E-state index in [0.29, 0.717) is 18.0 Å². The number of rotatable bonds is 5. The maximum atomic E-state index is 12.9. The standard InChI is InChI=1S/C20H23BrN2O2S.C9H10BrN/c1-16-2-8-19(9-3-16)26(24,25)23-14-12-22(13-15-23)20(10-11-20)17-4-6-18(21)7-5-17;10-8-3-1-7(2-4-8)9(11)5-6-9/h2-9H,10-15H2,1H3;1-4H,5-6,11H2. The van der Waals surface area contributed by atoms with Crippen molar-refractivity contribution in [1.29, 1.82) is 0 Å². The summed E-state index contributed by atoms with van der Waals surface area (Å²) in [6.45, 7) is 4.62. The zero-order valence-electron chi connectivity index (χ0n) is 21.0. The first-order valence-corrected chi connectivity index (χ1v) is 15.8. The van der Waals surface area contributed by atoms with Crippen LogP contribution >= 0.6 is 31.9 Å². The molecule has 0 radical (unpaired) electrons. The summed E-state index contributed by atoms with van der Waals surface area (Å²) in [4.78, 5) is 2.86. The van der Waals surface area contributed by atoms with Gasteiger partial charge in [0.1, 0.15) is 0 Å². The van der Waals surface area contributed by atoms with Gasteiger partial charge in [0, 0.05) is 46.2 Å². The summed E-state index contributed by atoms with van der Waals surface area (Å²) in [5, 5.41) is 0. The molecule has 1 aliphatic heterocycles. The topological polar surface area (TPSA) is 66.6 Å². The fourth-order valence-corrected chi connectivity index (χ4v) is 7.04. The van der Waals surface area contributed by atoms with Crippen molar-refractivity contribution in [1.82, 2.24) is 9.21 Å². The molecule has 2 aliphatic carbocycles. The molecule has 0 unspecified atom stereocenters.